The minimum atomic E-state index is -0.384. The predicted octanol–water partition coefficient (Wildman–Crippen LogP) is 1.21. The molecule has 2 atom stereocenters. The maximum Gasteiger partial charge on any atom is 0.317 e. The van der Waals surface area contributed by atoms with Gasteiger partial charge < -0.3 is 29.7 Å². The van der Waals surface area contributed by atoms with Crippen LogP contribution in [0.2, 0.25) is 0 Å². The number of carbonyl (C=O) groups excluding carboxylic acids is 2. The number of likely N-dealkylation sites (tertiary alicyclic amines) is 1. The molecule has 0 aliphatic carbocycles. The van der Waals surface area contributed by atoms with Gasteiger partial charge in [-0.2, -0.15) is 0 Å². The minimum Gasteiger partial charge on any atom is -0.493 e. The fourth-order valence-electron chi connectivity index (χ4n) is 3.42. The molecule has 1 aliphatic rings. The molecule has 1 fully saturated rings. The Hall–Kier alpha value is -2.48. The molecule has 2 N–H and O–H groups in total. The number of carbonyl (C=O) groups is 2. The summed E-state index contributed by atoms with van der Waals surface area (Å²) in [5.74, 6) is 0.516. The van der Waals surface area contributed by atoms with Crippen molar-refractivity contribution in [2.75, 3.05) is 54.1 Å². The van der Waals surface area contributed by atoms with Gasteiger partial charge in [-0.15, -0.1) is 0 Å². The average Bonchev–Trinajstić information content (AvgIpc) is 3.13. The third kappa shape index (κ3) is 4.82. The Morgan fingerprint density at radius 2 is 1.93 bits per heavy atom. The van der Waals surface area contributed by atoms with Crippen LogP contribution in [0.25, 0.3) is 0 Å². The monoisotopic (exact) mass is 379 g/mol. The normalized spacial score (nSPS) is 18.9. The number of ether oxygens (including phenoxy) is 3. The maximum absolute atomic E-state index is 12.8. The van der Waals surface area contributed by atoms with Crippen LogP contribution in [0.15, 0.2) is 18.2 Å². The van der Waals surface area contributed by atoms with Crippen molar-refractivity contribution in [3.05, 3.63) is 23.8 Å². The molecule has 2 rings (SSSR count). The first kappa shape index (κ1) is 20.8. The summed E-state index contributed by atoms with van der Waals surface area (Å²) in [4.78, 5) is 26.8. The predicted molar refractivity (Wildman–Crippen MR) is 101 cm³/mol. The smallest absolute Gasteiger partial charge is 0.317 e. The minimum absolute atomic E-state index is 0.103. The van der Waals surface area contributed by atoms with E-state index in [2.05, 4.69) is 10.6 Å². The van der Waals surface area contributed by atoms with Gasteiger partial charge in [-0.05, 0) is 13.0 Å². The zero-order valence-corrected chi connectivity index (χ0v) is 16.4. The van der Waals surface area contributed by atoms with E-state index in [0.29, 0.717) is 44.3 Å². The first-order valence-corrected chi connectivity index (χ1v) is 9.07. The molecule has 0 radical (unpaired) electrons. The second kappa shape index (κ2) is 10.0. The summed E-state index contributed by atoms with van der Waals surface area (Å²) in [5, 5.41) is 5.69. The fraction of sp³-hybridized carbons (Fsp3) is 0.579. The van der Waals surface area contributed by atoms with Crippen molar-refractivity contribution in [1.29, 1.82) is 0 Å². The molecular formula is C19H29N3O5. The molecule has 0 aromatic heterocycles. The molecule has 1 aromatic rings. The van der Waals surface area contributed by atoms with Gasteiger partial charge in [0.2, 0.25) is 5.91 Å². The number of rotatable bonds is 8. The van der Waals surface area contributed by atoms with Crippen LogP contribution in [-0.2, 0) is 9.53 Å². The van der Waals surface area contributed by atoms with E-state index in [0.717, 1.165) is 5.56 Å². The summed E-state index contributed by atoms with van der Waals surface area (Å²) in [6.07, 6.45) is 0. The zero-order chi connectivity index (χ0) is 19.8. The van der Waals surface area contributed by atoms with Crippen LogP contribution in [0.1, 0.15) is 18.4 Å². The van der Waals surface area contributed by atoms with Crippen LogP contribution < -0.4 is 20.1 Å². The van der Waals surface area contributed by atoms with Crippen LogP contribution in [0.4, 0.5) is 4.79 Å². The summed E-state index contributed by atoms with van der Waals surface area (Å²) in [6.45, 7) is 4.03. The Bertz CT molecular complexity index is 652. The highest BCUT2D eigenvalue weighted by molar-refractivity contribution is 5.83. The lowest BCUT2D eigenvalue weighted by molar-refractivity contribution is -0.125. The van der Waals surface area contributed by atoms with Crippen LogP contribution in [0.3, 0.4) is 0 Å². The standard InChI is InChI=1S/C19H29N3O5/c1-5-20-19(24)22-11-14(15(12-22)18(23)21-9-10-25-2)13-7-6-8-16(26-3)17(13)27-4/h6-8,14-15H,5,9-12H2,1-4H3,(H,20,24)(H,21,23). The molecule has 27 heavy (non-hydrogen) atoms. The van der Waals surface area contributed by atoms with Gasteiger partial charge in [0.15, 0.2) is 11.5 Å². The molecule has 1 aromatic carbocycles. The summed E-state index contributed by atoms with van der Waals surface area (Å²) >= 11 is 0. The highest BCUT2D eigenvalue weighted by atomic mass is 16.5. The van der Waals surface area contributed by atoms with Gasteiger partial charge in [-0.1, -0.05) is 12.1 Å². The van der Waals surface area contributed by atoms with Gasteiger partial charge in [0, 0.05) is 44.8 Å². The zero-order valence-electron chi connectivity index (χ0n) is 16.4. The first-order chi connectivity index (χ1) is 13.1. The van der Waals surface area contributed by atoms with Crippen molar-refractivity contribution < 1.29 is 23.8 Å². The Balaban J connectivity index is 2.31. The molecule has 3 amide bonds. The summed E-state index contributed by atoms with van der Waals surface area (Å²) in [6, 6.07) is 5.43. The Kier molecular flexibility index (Phi) is 7.72. The van der Waals surface area contributed by atoms with Crippen molar-refractivity contribution in [2.45, 2.75) is 12.8 Å². The summed E-state index contributed by atoms with van der Waals surface area (Å²) in [5.41, 5.74) is 0.857. The van der Waals surface area contributed by atoms with E-state index < -0.39 is 0 Å². The average molecular weight is 379 g/mol. The van der Waals surface area contributed by atoms with Gasteiger partial charge in [0.1, 0.15) is 0 Å². The highest BCUT2D eigenvalue weighted by Gasteiger charge is 2.41. The number of hydrogen-bond donors (Lipinski definition) is 2. The topological polar surface area (TPSA) is 89.1 Å². The van der Waals surface area contributed by atoms with E-state index in [1.807, 2.05) is 25.1 Å². The van der Waals surface area contributed by atoms with Gasteiger partial charge in [-0.3, -0.25) is 4.79 Å². The van der Waals surface area contributed by atoms with Gasteiger partial charge >= 0.3 is 6.03 Å². The molecule has 0 saturated carbocycles. The number of amides is 3. The van der Waals surface area contributed by atoms with E-state index in [1.165, 1.54) is 0 Å². The Morgan fingerprint density at radius 3 is 2.56 bits per heavy atom. The lowest BCUT2D eigenvalue weighted by Gasteiger charge is -2.21. The van der Waals surface area contributed by atoms with Crippen molar-refractivity contribution >= 4 is 11.9 Å². The van der Waals surface area contributed by atoms with Gasteiger partial charge in [0.05, 0.1) is 26.7 Å². The third-order valence-corrected chi connectivity index (χ3v) is 4.71. The van der Waals surface area contributed by atoms with Crippen LogP contribution >= 0.6 is 0 Å². The maximum atomic E-state index is 12.8. The SMILES string of the molecule is CCNC(=O)N1CC(C(=O)NCCOC)C(c2cccc(OC)c2OC)C1. The van der Waals surface area contributed by atoms with Crippen LogP contribution in [0.5, 0.6) is 11.5 Å². The van der Waals surface area contributed by atoms with Gasteiger partial charge in [-0.25, -0.2) is 4.79 Å². The van der Waals surface area contributed by atoms with Gasteiger partial charge in [0.25, 0.3) is 0 Å². The first-order valence-electron chi connectivity index (χ1n) is 9.07. The fourth-order valence-corrected chi connectivity index (χ4v) is 3.42. The lowest BCUT2D eigenvalue weighted by Crippen LogP contribution is -2.40. The molecule has 2 unspecified atom stereocenters. The molecule has 0 bridgehead atoms. The molecule has 1 heterocycles. The third-order valence-electron chi connectivity index (χ3n) is 4.71. The Morgan fingerprint density at radius 1 is 1.15 bits per heavy atom. The number of nitrogens with one attached hydrogen (secondary N) is 2. The van der Waals surface area contributed by atoms with Crippen molar-refractivity contribution in [3.8, 4) is 11.5 Å². The molecule has 8 heteroatoms. The number of methoxy groups -OCH3 is 3. The Labute approximate surface area is 160 Å². The van der Waals surface area contributed by atoms with E-state index in [9.17, 15) is 9.59 Å². The van der Waals surface area contributed by atoms with Crippen molar-refractivity contribution in [2.24, 2.45) is 5.92 Å². The molecule has 1 saturated heterocycles. The number of hydrogen-bond acceptors (Lipinski definition) is 5. The largest absolute Gasteiger partial charge is 0.493 e. The number of para-hydroxylation sites is 1. The molecule has 1 aliphatic heterocycles. The molecule has 150 valence electrons. The summed E-state index contributed by atoms with van der Waals surface area (Å²) in [7, 11) is 4.74. The van der Waals surface area contributed by atoms with Crippen LogP contribution in [0, 0.1) is 5.92 Å². The number of benzene rings is 1. The molecule has 8 nitrogen and oxygen atoms in total. The summed E-state index contributed by atoms with van der Waals surface area (Å²) < 4.78 is 15.9. The number of urea groups is 1. The lowest BCUT2D eigenvalue weighted by atomic mass is 9.87. The van der Waals surface area contributed by atoms with E-state index >= 15 is 0 Å². The highest BCUT2D eigenvalue weighted by Crippen LogP contribution is 2.41. The van der Waals surface area contributed by atoms with E-state index in [-0.39, 0.29) is 23.8 Å². The van der Waals surface area contributed by atoms with Crippen LogP contribution in [-0.4, -0.2) is 71.0 Å². The molecular weight excluding hydrogens is 350 g/mol. The second-order valence-electron chi connectivity index (χ2n) is 6.32. The van der Waals surface area contributed by atoms with Crippen molar-refractivity contribution in [3.63, 3.8) is 0 Å². The van der Waals surface area contributed by atoms with E-state index in [4.69, 9.17) is 14.2 Å². The number of nitrogens with zero attached hydrogens (tertiary/aromatic N) is 1. The quantitative estimate of drug-likeness (QED) is 0.663. The van der Waals surface area contributed by atoms with Crippen molar-refractivity contribution in [1.82, 2.24) is 15.5 Å². The van der Waals surface area contributed by atoms with E-state index in [1.54, 1.807) is 26.2 Å². The second-order valence-corrected chi connectivity index (χ2v) is 6.32. The molecule has 0 spiro atoms.